The van der Waals surface area contributed by atoms with Crippen molar-refractivity contribution in [1.29, 1.82) is 0 Å². The van der Waals surface area contributed by atoms with Crippen LogP contribution in [0.15, 0.2) is 42.5 Å². The third kappa shape index (κ3) is 5.81. The highest BCUT2D eigenvalue weighted by Gasteiger charge is 2.29. The van der Waals surface area contributed by atoms with Crippen LogP contribution in [0, 0.1) is 19.8 Å². The Labute approximate surface area is 170 Å². The average molecular weight is 394 g/mol. The Morgan fingerprint density at radius 1 is 0.931 bits per heavy atom. The van der Waals surface area contributed by atoms with Crippen molar-refractivity contribution in [1.82, 2.24) is 5.32 Å². The van der Waals surface area contributed by atoms with Gasteiger partial charge in [-0.2, -0.15) is 0 Å². The highest BCUT2D eigenvalue weighted by Crippen LogP contribution is 2.30. The van der Waals surface area contributed by atoms with Crippen LogP contribution in [0.25, 0.3) is 0 Å². The Bertz CT molecular complexity index is 920. The van der Waals surface area contributed by atoms with Crippen molar-refractivity contribution in [2.75, 3.05) is 16.0 Å². The van der Waals surface area contributed by atoms with Gasteiger partial charge in [-0.25, -0.2) is 4.79 Å². The number of hydrogen-bond acceptors (Lipinski definition) is 4. The van der Waals surface area contributed by atoms with Crippen LogP contribution in [0.2, 0.25) is 0 Å². The first-order valence-electron chi connectivity index (χ1n) is 9.68. The number of amides is 4. The van der Waals surface area contributed by atoms with E-state index in [0.29, 0.717) is 11.4 Å². The second-order valence-corrected chi connectivity index (χ2v) is 7.47. The molecular weight excluding hydrogens is 368 g/mol. The molecule has 0 aromatic heterocycles. The summed E-state index contributed by atoms with van der Waals surface area (Å²) in [6.45, 7) is 5.54. The first kappa shape index (κ1) is 20.4. The maximum absolute atomic E-state index is 12.3. The quantitative estimate of drug-likeness (QED) is 0.599. The van der Waals surface area contributed by atoms with E-state index in [4.69, 9.17) is 0 Å². The van der Waals surface area contributed by atoms with Gasteiger partial charge >= 0.3 is 6.03 Å². The van der Waals surface area contributed by atoms with Crippen LogP contribution >= 0.6 is 0 Å². The van der Waals surface area contributed by atoms with Gasteiger partial charge in [0.1, 0.15) is 6.04 Å². The van der Waals surface area contributed by atoms with E-state index in [9.17, 15) is 14.4 Å². The van der Waals surface area contributed by atoms with Crippen molar-refractivity contribution in [2.24, 2.45) is 5.92 Å². The number of carbonyl (C=O) groups is 3. The fourth-order valence-corrected chi connectivity index (χ4v) is 2.88. The number of anilines is 3. The van der Waals surface area contributed by atoms with Crippen LogP contribution in [-0.4, -0.2) is 23.9 Å². The van der Waals surface area contributed by atoms with Crippen molar-refractivity contribution in [2.45, 2.75) is 39.7 Å². The van der Waals surface area contributed by atoms with Crippen LogP contribution in [0.1, 0.15) is 30.9 Å². The molecule has 7 nitrogen and oxygen atoms in total. The predicted octanol–water partition coefficient (Wildman–Crippen LogP) is 3.80. The van der Waals surface area contributed by atoms with Gasteiger partial charge in [0, 0.05) is 23.0 Å². The van der Waals surface area contributed by atoms with Gasteiger partial charge in [0.15, 0.2) is 0 Å². The molecule has 1 aliphatic carbocycles. The van der Waals surface area contributed by atoms with Gasteiger partial charge in [-0.15, -0.1) is 0 Å². The van der Waals surface area contributed by atoms with Crippen molar-refractivity contribution in [3.05, 3.63) is 53.6 Å². The molecule has 0 saturated heterocycles. The van der Waals surface area contributed by atoms with Gasteiger partial charge in [0.25, 0.3) is 0 Å². The largest absolute Gasteiger partial charge is 0.374 e. The van der Waals surface area contributed by atoms with Crippen molar-refractivity contribution < 1.29 is 14.4 Å². The number of rotatable bonds is 6. The second-order valence-electron chi connectivity index (χ2n) is 7.47. The number of imide groups is 1. The summed E-state index contributed by atoms with van der Waals surface area (Å²) in [5, 5.41) is 10.9. The van der Waals surface area contributed by atoms with E-state index < -0.39 is 18.0 Å². The molecule has 7 heteroatoms. The molecule has 3 rings (SSSR count). The highest BCUT2D eigenvalue weighted by molar-refractivity contribution is 6.03. The minimum absolute atomic E-state index is 0.0493. The lowest BCUT2D eigenvalue weighted by molar-refractivity contribution is -0.120. The maximum atomic E-state index is 12.3. The standard InChI is InChI=1S/C22H26N4O3/c1-13-4-11-19(14(2)12-13)25-22(29)26-20(27)15(3)23-17-7-9-18(10-8-17)24-21(28)16-5-6-16/h4,7-12,15-16,23H,5-6H2,1-3H3,(H,24,28)(H2,25,26,27,29). The molecule has 0 bridgehead atoms. The molecule has 152 valence electrons. The van der Waals surface area contributed by atoms with Crippen molar-refractivity contribution >= 4 is 34.9 Å². The zero-order chi connectivity index (χ0) is 21.0. The predicted molar refractivity (Wildman–Crippen MR) is 114 cm³/mol. The molecule has 0 aliphatic heterocycles. The third-order valence-corrected chi connectivity index (χ3v) is 4.74. The maximum Gasteiger partial charge on any atom is 0.325 e. The fourth-order valence-electron chi connectivity index (χ4n) is 2.88. The number of aryl methyl sites for hydroxylation is 2. The SMILES string of the molecule is Cc1ccc(NC(=O)NC(=O)C(C)Nc2ccc(NC(=O)C3CC3)cc2)c(C)c1. The summed E-state index contributed by atoms with van der Waals surface area (Å²) in [6, 6.07) is 11.6. The summed E-state index contributed by atoms with van der Waals surface area (Å²) in [6.07, 6.45) is 1.91. The van der Waals surface area contributed by atoms with Crippen molar-refractivity contribution in [3.63, 3.8) is 0 Å². The molecule has 2 aromatic rings. The molecule has 4 N–H and O–H groups in total. The summed E-state index contributed by atoms with van der Waals surface area (Å²) >= 11 is 0. The highest BCUT2D eigenvalue weighted by atomic mass is 16.2. The lowest BCUT2D eigenvalue weighted by Crippen LogP contribution is -2.43. The molecule has 1 saturated carbocycles. The van der Waals surface area contributed by atoms with E-state index in [0.717, 1.165) is 29.7 Å². The van der Waals surface area contributed by atoms with Crippen molar-refractivity contribution in [3.8, 4) is 0 Å². The van der Waals surface area contributed by atoms with E-state index >= 15 is 0 Å². The zero-order valence-corrected chi connectivity index (χ0v) is 16.8. The van der Waals surface area contributed by atoms with Gasteiger partial charge in [-0.1, -0.05) is 17.7 Å². The molecule has 0 radical (unpaired) electrons. The molecule has 2 aromatic carbocycles. The molecule has 1 aliphatic rings. The molecule has 0 spiro atoms. The fraction of sp³-hybridized carbons (Fsp3) is 0.318. The van der Waals surface area contributed by atoms with E-state index in [2.05, 4.69) is 21.3 Å². The van der Waals surface area contributed by atoms with Gasteiger partial charge in [-0.3, -0.25) is 14.9 Å². The van der Waals surface area contributed by atoms with Crippen LogP contribution < -0.4 is 21.3 Å². The number of urea groups is 1. The Morgan fingerprint density at radius 2 is 1.59 bits per heavy atom. The molecule has 1 atom stereocenters. The Morgan fingerprint density at radius 3 is 2.21 bits per heavy atom. The number of nitrogens with one attached hydrogen (secondary N) is 4. The summed E-state index contributed by atoms with van der Waals surface area (Å²) in [4.78, 5) is 36.2. The first-order chi connectivity index (χ1) is 13.8. The number of hydrogen-bond donors (Lipinski definition) is 4. The summed E-state index contributed by atoms with van der Waals surface area (Å²) in [5.74, 6) is -0.252. The van der Waals surface area contributed by atoms with E-state index in [1.165, 1.54) is 0 Å². The third-order valence-electron chi connectivity index (χ3n) is 4.74. The van der Waals surface area contributed by atoms with E-state index in [1.54, 1.807) is 37.3 Å². The van der Waals surface area contributed by atoms with Crippen LogP contribution in [0.3, 0.4) is 0 Å². The smallest absolute Gasteiger partial charge is 0.325 e. The number of carbonyl (C=O) groups excluding carboxylic acids is 3. The lowest BCUT2D eigenvalue weighted by Gasteiger charge is -2.16. The molecule has 1 fully saturated rings. The summed E-state index contributed by atoms with van der Waals surface area (Å²) in [7, 11) is 0. The Balaban J connectivity index is 1.49. The Kier molecular flexibility index (Phi) is 6.16. The van der Waals surface area contributed by atoms with Gasteiger partial charge in [-0.05, 0) is 69.5 Å². The zero-order valence-electron chi connectivity index (χ0n) is 16.8. The minimum Gasteiger partial charge on any atom is -0.374 e. The lowest BCUT2D eigenvalue weighted by atomic mass is 10.1. The summed E-state index contributed by atoms with van der Waals surface area (Å²) < 4.78 is 0. The Hall–Kier alpha value is -3.35. The van der Waals surface area contributed by atoms with E-state index in [1.807, 2.05) is 26.0 Å². The molecule has 4 amide bonds. The van der Waals surface area contributed by atoms with Crippen LogP contribution in [0.5, 0.6) is 0 Å². The van der Waals surface area contributed by atoms with E-state index in [-0.39, 0.29) is 11.8 Å². The summed E-state index contributed by atoms with van der Waals surface area (Å²) in [5.41, 5.74) is 4.11. The molecule has 0 heterocycles. The topological polar surface area (TPSA) is 99.3 Å². The molecule has 1 unspecified atom stereocenters. The van der Waals surface area contributed by atoms with Gasteiger partial charge in [0.2, 0.25) is 11.8 Å². The first-order valence-corrected chi connectivity index (χ1v) is 9.68. The second kappa shape index (κ2) is 8.77. The number of benzene rings is 2. The minimum atomic E-state index is -0.619. The monoisotopic (exact) mass is 394 g/mol. The average Bonchev–Trinajstić information content (AvgIpc) is 3.51. The molecule has 29 heavy (non-hydrogen) atoms. The normalized spacial score (nSPS) is 13.9. The van der Waals surface area contributed by atoms with Gasteiger partial charge in [0.05, 0.1) is 0 Å². The van der Waals surface area contributed by atoms with Crippen LogP contribution in [0.4, 0.5) is 21.9 Å². The molecular formula is C22H26N4O3. The van der Waals surface area contributed by atoms with Gasteiger partial charge < -0.3 is 16.0 Å². The van der Waals surface area contributed by atoms with Crippen LogP contribution in [-0.2, 0) is 9.59 Å².